The van der Waals surface area contributed by atoms with Crippen molar-refractivity contribution >= 4 is 34.9 Å². The number of hydrogen-bond donors (Lipinski definition) is 1. The zero-order valence-electron chi connectivity index (χ0n) is 14.7. The van der Waals surface area contributed by atoms with Gasteiger partial charge < -0.3 is 5.73 Å². The van der Waals surface area contributed by atoms with Gasteiger partial charge >= 0.3 is 0 Å². The van der Waals surface area contributed by atoms with Crippen LogP contribution in [0.25, 0.3) is 0 Å². The lowest BCUT2D eigenvalue weighted by Gasteiger charge is -2.23. The summed E-state index contributed by atoms with van der Waals surface area (Å²) in [4.78, 5) is 18.8. The molecule has 0 radical (unpaired) electrons. The van der Waals surface area contributed by atoms with E-state index in [4.69, 9.17) is 11.0 Å². The molecule has 1 heterocycles. The Bertz CT molecular complexity index is 1030. The number of amides is 1. The van der Waals surface area contributed by atoms with Gasteiger partial charge in [-0.3, -0.25) is 9.69 Å². The van der Waals surface area contributed by atoms with Crippen LogP contribution in [0.2, 0.25) is 0 Å². The molecule has 0 fully saturated rings. The summed E-state index contributed by atoms with van der Waals surface area (Å²) in [5, 5.41) is 18.7. The highest BCUT2D eigenvalue weighted by molar-refractivity contribution is 8.00. The van der Waals surface area contributed by atoms with Crippen molar-refractivity contribution in [1.82, 2.24) is 4.98 Å². The number of nitriles is 2. The molecule has 0 aliphatic heterocycles. The van der Waals surface area contributed by atoms with Gasteiger partial charge in [-0.15, -0.1) is 0 Å². The molecule has 7 heteroatoms. The van der Waals surface area contributed by atoms with Crippen molar-refractivity contribution in [3.8, 4) is 12.1 Å². The minimum Gasteiger partial charge on any atom is -0.383 e. The van der Waals surface area contributed by atoms with Crippen LogP contribution in [0.15, 0.2) is 71.8 Å². The van der Waals surface area contributed by atoms with Gasteiger partial charge in [-0.2, -0.15) is 10.5 Å². The van der Waals surface area contributed by atoms with E-state index in [2.05, 4.69) is 4.98 Å². The quantitative estimate of drug-likeness (QED) is 0.668. The molecule has 0 saturated carbocycles. The second-order valence-electron chi connectivity index (χ2n) is 5.69. The lowest BCUT2D eigenvalue weighted by Crippen LogP contribution is -2.27. The molecule has 0 atom stereocenters. The van der Waals surface area contributed by atoms with Gasteiger partial charge in [0.2, 0.25) is 5.91 Å². The van der Waals surface area contributed by atoms with Gasteiger partial charge in [-0.25, -0.2) is 4.98 Å². The van der Waals surface area contributed by atoms with Crippen LogP contribution < -0.4 is 10.6 Å². The standard InChI is InChI=1S/C21H15N5OS/c22-12-15-11-16(13-23)21(25-20(15)24)28-14-19(27)26(17-7-3-1-4-8-17)18-9-5-2-6-10-18/h1-11H,14H2,(H2,24,25). The summed E-state index contributed by atoms with van der Waals surface area (Å²) in [7, 11) is 0. The SMILES string of the molecule is N#Cc1cc(C#N)c(SCC(=O)N(c2ccccc2)c2ccccc2)nc1N. The van der Waals surface area contributed by atoms with E-state index in [1.165, 1.54) is 6.07 Å². The van der Waals surface area contributed by atoms with Gasteiger partial charge in [0.15, 0.2) is 0 Å². The number of aromatic nitrogens is 1. The molecule has 0 saturated heterocycles. The fraction of sp³-hybridized carbons (Fsp3) is 0.0476. The Labute approximate surface area is 166 Å². The minimum atomic E-state index is -0.170. The molecule has 28 heavy (non-hydrogen) atoms. The van der Waals surface area contributed by atoms with Crippen LogP contribution in [0.5, 0.6) is 0 Å². The van der Waals surface area contributed by atoms with E-state index in [0.717, 1.165) is 23.1 Å². The highest BCUT2D eigenvalue weighted by Crippen LogP contribution is 2.29. The largest absolute Gasteiger partial charge is 0.383 e. The zero-order valence-corrected chi connectivity index (χ0v) is 15.6. The molecule has 2 aromatic carbocycles. The van der Waals surface area contributed by atoms with Crippen molar-refractivity contribution in [2.45, 2.75) is 5.03 Å². The molecule has 0 bridgehead atoms. The number of anilines is 3. The van der Waals surface area contributed by atoms with Gasteiger partial charge in [0.1, 0.15) is 23.0 Å². The lowest BCUT2D eigenvalue weighted by atomic mass is 10.2. The van der Waals surface area contributed by atoms with Crippen molar-refractivity contribution in [2.24, 2.45) is 0 Å². The van der Waals surface area contributed by atoms with E-state index in [-0.39, 0.29) is 28.6 Å². The van der Waals surface area contributed by atoms with E-state index in [1.807, 2.05) is 72.8 Å². The van der Waals surface area contributed by atoms with Crippen LogP contribution in [0.4, 0.5) is 17.2 Å². The first-order valence-electron chi connectivity index (χ1n) is 8.30. The molecule has 0 unspecified atom stereocenters. The van der Waals surface area contributed by atoms with Crippen LogP contribution in [0.1, 0.15) is 11.1 Å². The number of nitrogens with two attached hydrogens (primary N) is 1. The maximum absolute atomic E-state index is 13.0. The average Bonchev–Trinajstić information content (AvgIpc) is 2.74. The molecule has 136 valence electrons. The second kappa shape index (κ2) is 8.72. The number of pyridine rings is 1. The fourth-order valence-corrected chi connectivity index (χ4v) is 3.39. The normalized spacial score (nSPS) is 9.93. The van der Waals surface area contributed by atoms with E-state index < -0.39 is 0 Å². The fourth-order valence-electron chi connectivity index (χ4n) is 2.58. The van der Waals surface area contributed by atoms with Gasteiger partial charge in [-0.1, -0.05) is 48.2 Å². The molecule has 3 aromatic rings. The number of hydrogen-bond acceptors (Lipinski definition) is 6. The molecular formula is C21H15N5OS. The van der Waals surface area contributed by atoms with E-state index in [0.29, 0.717) is 5.03 Å². The monoisotopic (exact) mass is 385 g/mol. The van der Waals surface area contributed by atoms with E-state index >= 15 is 0 Å². The molecule has 3 rings (SSSR count). The summed E-state index contributed by atoms with van der Waals surface area (Å²) in [5.74, 6) is -0.0768. The molecule has 0 aliphatic rings. The van der Waals surface area contributed by atoms with E-state index in [1.54, 1.807) is 4.90 Å². The van der Waals surface area contributed by atoms with Crippen molar-refractivity contribution < 1.29 is 4.79 Å². The Hall–Kier alpha value is -3.81. The average molecular weight is 385 g/mol. The second-order valence-corrected chi connectivity index (χ2v) is 6.65. The highest BCUT2D eigenvalue weighted by atomic mass is 32.2. The van der Waals surface area contributed by atoms with Crippen molar-refractivity contribution in [1.29, 1.82) is 10.5 Å². The maximum Gasteiger partial charge on any atom is 0.241 e. The number of benzene rings is 2. The smallest absolute Gasteiger partial charge is 0.241 e. The first-order valence-corrected chi connectivity index (χ1v) is 9.29. The Balaban J connectivity index is 1.87. The highest BCUT2D eigenvalue weighted by Gasteiger charge is 2.19. The van der Waals surface area contributed by atoms with Crippen LogP contribution in [-0.2, 0) is 4.79 Å². The van der Waals surface area contributed by atoms with Gasteiger partial charge in [0, 0.05) is 11.4 Å². The number of para-hydroxylation sites is 2. The summed E-state index contributed by atoms with van der Waals surface area (Å²) >= 11 is 1.12. The Morgan fingerprint density at radius 3 is 2.00 bits per heavy atom. The zero-order chi connectivity index (χ0) is 19.9. The summed E-state index contributed by atoms with van der Waals surface area (Å²) < 4.78 is 0. The number of nitrogen functional groups attached to an aromatic ring is 1. The maximum atomic E-state index is 13.0. The molecule has 6 nitrogen and oxygen atoms in total. The van der Waals surface area contributed by atoms with Crippen molar-refractivity contribution in [3.05, 3.63) is 77.9 Å². The van der Waals surface area contributed by atoms with Crippen molar-refractivity contribution in [2.75, 3.05) is 16.4 Å². The number of nitrogens with zero attached hydrogens (tertiary/aromatic N) is 4. The Morgan fingerprint density at radius 2 is 1.50 bits per heavy atom. The summed E-state index contributed by atoms with van der Waals surface area (Å²) in [6.07, 6.45) is 0. The summed E-state index contributed by atoms with van der Waals surface area (Å²) in [5.41, 5.74) is 7.60. The van der Waals surface area contributed by atoms with Crippen LogP contribution in [0, 0.1) is 22.7 Å². The minimum absolute atomic E-state index is 0.0411. The molecule has 0 spiro atoms. The van der Waals surface area contributed by atoms with Crippen molar-refractivity contribution in [3.63, 3.8) is 0 Å². The number of thioether (sulfide) groups is 1. The van der Waals surface area contributed by atoms with Crippen LogP contribution >= 0.6 is 11.8 Å². The molecule has 2 N–H and O–H groups in total. The Kier molecular flexibility index (Phi) is 5.91. The number of carbonyl (C=O) groups excluding carboxylic acids is 1. The van der Waals surface area contributed by atoms with E-state index in [9.17, 15) is 10.1 Å². The number of carbonyl (C=O) groups is 1. The third-order valence-electron chi connectivity index (χ3n) is 3.87. The first kappa shape index (κ1) is 19.0. The molecule has 0 aliphatic carbocycles. The lowest BCUT2D eigenvalue weighted by molar-refractivity contribution is -0.115. The number of rotatable bonds is 5. The first-order chi connectivity index (χ1) is 13.6. The molecule has 1 amide bonds. The summed E-state index contributed by atoms with van der Waals surface area (Å²) in [6, 6.07) is 23.9. The summed E-state index contributed by atoms with van der Waals surface area (Å²) in [6.45, 7) is 0. The predicted octanol–water partition coefficient (Wildman–Crippen LogP) is 3.86. The third-order valence-corrected chi connectivity index (χ3v) is 4.84. The Morgan fingerprint density at radius 1 is 0.964 bits per heavy atom. The van der Waals surface area contributed by atoms with Gasteiger partial charge in [0.25, 0.3) is 0 Å². The predicted molar refractivity (Wildman–Crippen MR) is 109 cm³/mol. The topological polar surface area (TPSA) is 107 Å². The third kappa shape index (κ3) is 4.12. The van der Waals surface area contributed by atoms with Gasteiger partial charge in [0.05, 0.1) is 16.9 Å². The molecule has 1 aromatic heterocycles. The van der Waals surface area contributed by atoms with Crippen LogP contribution in [0.3, 0.4) is 0 Å². The molecular weight excluding hydrogens is 370 g/mol. The van der Waals surface area contributed by atoms with Crippen LogP contribution in [-0.4, -0.2) is 16.6 Å². The van der Waals surface area contributed by atoms with Gasteiger partial charge in [-0.05, 0) is 30.3 Å².